The van der Waals surface area contributed by atoms with E-state index in [0.29, 0.717) is 0 Å². The highest BCUT2D eigenvalue weighted by atomic mass is 79.9. The van der Waals surface area contributed by atoms with Crippen LogP contribution in [0.25, 0.3) is 0 Å². The summed E-state index contributed by atoms with van der Waals surface area (Å²) in [4.78, 5) is 0. The molecule has 1 aromatic rings. The molecular formula is C10H18BrN3OS. The molecule has 0 aliphatic heterocycles. The van der Waals surface area contributed by atoms with Crippen LogP contribution < -0.4 is 4.72 Å². The Labute approximate surface area is 108 Å². The summed E-state index contributed by atoms with van der Waals surface area (Å²) in [5.74, 6) is 0. The van der Waals surface area contributed by atoms with Crippen LogP contribution in [-0.2, 0) is 18.0 Å². The lowest BCUT2D eigenvalue weighted by atomic mass is 10.2. The van der Waals surface area contributed by atoms with E-state index < -0.39 is 11.0 Å². The molecule has 0 spiro atoms. The predicted octanol–water partition coefficient (Wildman–Crippen LogP) is 2.30. The quantitative estimate of drug-likeness (QED) is 0.931. The third-order valence-corrected chi connectivity index (χ3v) is 4.24. The Hall–Kier alpha value is -0.200. The van der Waals surface area contributed by atoms with Gasteiger partial charge in [0.1, 0.15) is 4.60 Å². The molecule has 0 saturated carbocycles. The van der Waals surface area contributed by atoms with Crippen molar-refractivity contribution in [3.8, 4) is 0 Å². The van der Waals surface area contributed by atoms with E-state index in [-0.39, 0.29) is 10.8 Å². The summed E-state index contributed by atoms with van der Waals surface area (Å²) in [7, 11) is 0.800. The van der Waals surface area contributed by atoms with E-state index in [1.54, 1.807) is 4.68 Å². The highest BCUT2D eigenvalue weighted by molar-refractivity contribution is 9.10. The third kappa shape index (κ3) is 3.40. The number of hydrogen-bond donors (Lipinski definition) is 1. The standard InChI is InChI=1S/C10H18BrN3OS/c1-7(13-16(15)10(2,3)4)8-6-9(11)12-14(8)5/h6-7,13H,1-5H3/t7-,16-/m1/s1. The van der Waals surface area contributed by atoms with E-state index >= 15 is 0 Å². The van der Waals surface area contributed by atoms with E-state index in [9.17, 15) is 4.21 Å². The van der Waals surface area contributed by atoms with Crippen LogP contribution in [0.5, 0.6) is 0 Å². The summed E-state index contributed by atoms with van der Waals surface area (Å²) in [5.41, 5.74) is 1.00. The Kier molecular flexibility index (Phi) is 4.31. The molecule has 0 saturated heterocycles. The van der Waals surface area contributed by atoms with Gasteiger partial charge in [-0.25, -0.2) is 8.93 Å². The first kappa shape index (κ1) is 13.9. The fraction of sp³-hybridized carbons (Fsp3) is 0.700. The molecule has 1 N–H and O–H groups in total. The molecule has 2 atom stereocenters. The second-order valence-corrected chi connectivity index (χ2v) is 7.55. The fourth-order valence-electron chi connectivity index (χ4n) is 1.25. The first-order valence-electron chi connectivity index (χ1n) is 5.09. The molecule has 0 fully saturated rings. The maximum Gasteiger partial charge on any atom is 0.128 e. The lowest BCUT2D eigenvalue weighted by Gasteiger charge is -2.21. The van der Waals surface area contributed by atoms with Crippen LogP contribution in [0.3, 0.4) is 0 Å². The number of nitrogens with one attached hydrogen (secondary N) is 1. The largest absolute Gasteiger partial charge is 0.270 e. The van der Waals surface area contributed by atoms with Crippen molar-refractivity contribution in [2.45, 2.75) is 38.5 Å². The van der Waals surface area contributed by atoms with Crippen LogP contribution in [0.1, 0.15) is 39.4 Å². The smallest absolute Gasteiger partial charge is 0.128 e. The van der Waals surface area contributed by atoms with Crippen LogP contribution in [0.15, 0.2) is 10.7 Å². The van der Waals surface area contributed by atoms with Crippen molar-refractivity contribution in [2.24, 2.45) is 7.05 Å². The molecule has 0 unspecified atom stereocenters. The van der Waals surface area contributed by atoms with E-state index in [1.165, 1.54) is 0 Å². The highest BCUT2D eigenvalue weighted by Crippen LogP contribution is 2.19. The van der Waals surface area contributed by atoms with Crippen LogP contribution in [-0.4, -0.2) is 18.7 Å². The zero-order valence-electron chi connectivity index (χ0n) is 10.2. The number of nitrogens with zero attached hydrogens (tertiary/aromatic N) is 2. The van der Waals surface area contributed by atoms with Gasteiger partial charge in [0.15, 0.2) is 0 Å². The maximum absolute atomic E-state index is 11.9. The van der Waals surface area contributed by atoms with Crippen molar-refractivity contribution in [2.75, 3.05) is 0 Å². The second-order valence-electron chi connectivity index (χ2n) is 4.74. The van der Waals surface area contributed by atoms with Crippen molar-refractivity contribution < 1.29 is 4.21 Å². The second kappa shape index (κ2) is 4.98. The molecule has 1 heterocycles. The Bertz CT molecular complexity index is 397. The molecule has 16 heavy (non-hydrogen) atoms. The number of aromatic nitrogens is 2. The Morgan fingerprint density at radius 2 is 2.12 bits per heavy atom. The van der Waals surface area contributed by atoms with E-state index in [0.717, 1.165) is 10.3 Å². The van der Waals surface area contributed by atoms with Crippen molar-refractivity contribution in [1.29, 1.82) is 0 Å². The Morgan fingerprint density at radius 3 is 2.50 bits per heavy atom. The van der Waals surface area contributed by atoms with Gasteiger partial charge in [-0.3, -0.25) is 4.68 Å². The van der Waals surface area contributed by atoms with Gasteiger partial charge in [0, 0.05) is 7.05 Å². The Balaban J connectivity index is 2.77. The average Bonchev–Trinajstić information content (AvgIpc) is 2.43. The van der Waals surface area contributed by atoms with Gasteiger partial charge in [0.25, 0.3) is 0 Å². The third-order valence-electron chi connectivity index (χ3n) is 2.17. The molecule has 0 aliphatic rings. The SMILES string of the molecule is C[C@@H](N[S@](=O)C(C)(C)C)c1cc(Br)nn1C. The minimum atomic E-state index is -1.07. The maximum atomic E-state index is 11.9. The molecule has 4 nitrogen and oxygen atoms in total. The van der Waals surface area contributed by atoms with Crippen LogP contribution in [0, 0.1) is 0 Å². The van der Waals surface area contributed by atoms with Crippen molar-refractivity contribution in [3.05, 3.63) is 16.4 Å². The zero-order valence-corrected chi connectivity index (χ0v) is 12.6. The molecule has 6 heteroatoms. The summed E-state index contributed by atoms with van der Waals surface area (Å²) >= 11 is 3.32. The zero-order chi connectivity index (χ0) is 12.5. The molecule has 0 aliphatic carbocycles. The summed E-state index contributed by atoms with van der Waals surface area (Å²) < 4.78 is 17.3. The summed E-state index contributed by atoms with van der Waals surface area (Å²) in [6, 6.07) is 1.93. The van der Waals surface area contributed by atoms with Crippen LogP contribution in [0.2, 0.25) is 0 Å². The minimum Gasteiger partial charge on any atom is -0.270 e. The van der Waals surface area contributed by atoms with Gasteiger partial charge in [-0.05, 0) is 49.7 Å². The molecular weight excluding hydrogens is 290 g/mol. The van der Waals surface area contributed by atoms with Gasteiger partial charge in [-0.2, -0.15) is 5.10 Å². The van der Waals surface area contributed by atoms with Crippen molar-refractivity contribution in [3.63, 3.8) is 0 Å². The lowest BCUT2D eigenvalue weighted by molar-refractivity contribution is 0.588. The van der Waals surface area contributed by atoms with Crippen LogP contribution in [0.4, 0.5) is 0 Å². The normalized spacial score (nSPS) is 16.1. The van der Waals surface area contributed by atoms with Gasteiger partial charge in [-0.15, -0.1) is 0 Å². The predicted molar refractivity (Wildman–Crippen MR) is 70.4 cm³/mol. The molecule has 1 aromatic heterocycles. The Morgan fingerprint density at radius 1 is 1.56 bits per heavy atom. The van der Waals surface area contributed by atoms with Gasteiger partial charge in [-0.1, -0.05) is 0 Å². The number of rotatable bonds is 3. The molecule has 0 aromatic carbocycles. The van der Waals surface area contributed by atoms with Gasteiger partial charge in [0.05, 0.1) is 27.5 Å². The molecule has 0 bridgehead atoms. The lowest BCUT2D eigenvalue weighted by Crippen LogP contribution is -2.35. The molecule has 0 amide bonds. The number of aryl methyl sites for hydroxylation is 1. The van der Waals surface area contributed by atoms with E-state index in [4.69, 9.17) is 0 Å². The van der Waals surface area contributed by atoms with Gasteiger partial charge >= 0.3 is 0 Å². The molecule has 1 rings (SSSR count). The summed E-state index contributed by atoms with van der Waals surface area (Å²) in [6.45, 7) is 7.82. The van der Waals surface area contributed by atoms with Gasteiger partial charge < -0.3 is 0 Å². The van der Waals surface area contributed by atoms with E-state index in [1.807, 2.05) is 40.8 Å². The summed E-state index contributed by atoms with van der Waals surface area (Å²) in [5, 5.41) is 4.20. The van der Waals surface area contributed by atoms with Crippen molar-refractivity contribution >= 4 is 26.9 Å². The van der Waals surface area contributed by atoms with Crippen molar-refractivity contribution in [1.82, 2.24) is 14.5 Å². The first-order valence-corrected chi connectivity index (χ1v) is 7.03. The van der Waals surface area contributed by atoms with Gasteiger partial charge in [0.2, 0.25) is 0 Å². The topological polar surface area (TPSA) is 46.9 Å². The molecule has 92 valence electrons. The first-order chi connectivity index (χ1) is 7.21. The number of halogens is 1. The average molecular weight is 308 g/mol. The highest BCUT2D eigenvalue weighted by Gasteiger charge is 2.22. The summed E-state index contributed by atoms with van der Waals surface area (Å²) in [6.07, 6.45) is 0. The monoisotopic (exact) mass is 307 g/mol. The van der Waals surface area contributed by atoms with E-state index in [2.05, 4.69) is 25.8 Å². The fourth-order valence-corrected chi connectivity index (χ4v) is 2.52. The minimum absolute atomic E-state index is 0.00357. The molecule has 0 radical (unpaired) electrons. The number of hydrogen-bond acceptors (Lipinski definition) is 2. The van der Waals surface area contributed by atoms with Crippen LogP contribution >= 0.6 is 15.9 Å².